The van der Waals surface area contributed by atoms with Crippen molar-refractivity contribution in [3.05, 3.63) is 75.7 Å². The topological polar surface area (TPSA) is 51.7 Å². The van der Waals surface area contributed by atoms with Crippen molar-refractivity contribution in [2.45, 2.75) is 39.0 Å². The molecule has 1 saturated carbocycles. The number of ether oxygens (including phenoxy) is 2. The molecule has 6 heteroatoms. The minimum atomic E-state index is 0.0254. The first-order chi connectivity index (χ1) is 14.1. The van der Waals surface area contributed by atoms with Crippen molar-refractivity contribution in [2.75, 3.05) is 7.11 Å². The van der Waals surface area contributed by atoms with Gasteiger partial charge in [0.2, 0.25) is 0 Å². The smallest absolute Gasteiger partial charge is 0.254 e. The molecule has 0 aliphatic heterocycles. The Kier molecular flexibility index (Phi) is 5.81. The zero-order valence-corrected chi connectivity index (χ0v) is 17.4. The molecule has 0 atom stereocenters. The van der Waals surface area contributed by atoms with Crippen LogP contribution >= 0.6 is 11.3 Å². The second kappa shape index (κ2) is 8.66. The van der Waals surface area contributed by atoms with Crippen LogP contribution in [0.2, 0.25) is 0 Å². The van der Waals surface area contributed by atoms with E-state index in [4.69, 9.17) is 9.47 Å². The van der Waals surface area contributed by atoms with E-state index in [0.717, 1.165) is 24.1 Å². The Morgan fingerprint density at radius 1 is 1.17 bits per heavy atom. The van der Waals surface area contributed by atoms with Gasteiger partial charge in [-0.2, -0.15) is 0 Å². The molecule has 0 radical (unpaired) electrons. The van der Waals surface area contributed by atoms with E-state index >= 15 is 0 Å². The predicted molar refractivity (Wildman–Crippen MR) is 114 cm³/mol. The largest absolute Gasteiger partial charge is 0.493 e. The first-order valence-electron chi connectivity index (χ1n) is 9.68. The van der Waals surface area contributed by atoms with Gasteiger partial charge in [0.15, 0.2) is 11.5 Å². The lowest BCUT2D eigenvalue weighted by Gasteiger charge is -2.23. The van der Waals surface area contributed by atoms with Gasteiger partial charge in [0.25, 0.3) is 5.91 Å². The summed E-state index contributed by atoms with van der Waals surface area (Å²) in [7, 11) is 1.59. The van der Waals surface area contributed by atoms with Gasteiger partial charge in [0, 0.05) is 23.5 Å². The minimum absolute atomic E-state index is 0.0254. The van der Waals surface area contributed by atoms with Gasteiger partial charge < -0.3 is 14.4 Å². The lowest BCUT2D eigenvalue weighted by Crippen LogP contribution is -2.32. The molecule has 29 heavy (non-hydrogen) atoms. The summed E-state index contributed by atoms with van der Waals surface area (Å²) in [6, 6.07) is 14.0. The molecule has 2 aromatic carbocycles. The fourth-order valence-electron chi connectivity index (χ4n) is 3.19. The summed E-state index contributed by atoms with van der Waals surface area (Å²) in [6.07, 6.45) is 2.12. The third kappa shape index (κ3) is 4.77. The molecule has 1 aliphatic carbocycles. The van der Waals surface area contributed by atoms with Gasteiger partial charge in [-0.05, 0) is 43.5 Å². The number of hydrogen-bond donors (Lipinski definition) is 0. The molecular formula is C23H24N2O3S. The zero-order chi connectivity index (χ0) is 20.2. The summed E-state index contributed by atoms with van der Waals surface area (Å²) in [5.41, 5.74) is 5.62. The second-order valence-corrected chi connectivity index (χ2v) is 8.00. The van der Waals surface area contributed by atoms with Gasteiger partial charge >= 0.3 is 0 Å². The number of aromatic nitrogens is 1. The lowest BCUT2D eigenvalue weighted by molar-refractivity contribution is 0.0729. The van der Waals surface area contributed by atoms with E-state index in [1.807, 2.05) is 16.3 Å². The Balaban J connectivity index is 1.50. The van der Waals surface area contributed by atoms with Gasteiger partial charge in [-0.1, -0.05) is 29.8 Å². The summed E-state index contributed by atoms with van der Waals surface area (Å²) >= 11 is 1.53. The van der Waals surface area contributed by atoms with Crippen molar-refractivity contribution < 1.29 is 14.3 Å². The molecule has 1 aromatic heterocycles. The Hall–Kier alpha value is -2.86. The van der Waals surface area contributed by atoms with E-state index in [1.165, 1.54) is 16.9 Å². The number of nitrogens with zero attached hydrogens (tertiary/aromatic N) is 2. The maximum atomic E-state index is 13.2. The summed E-state index contributed by atoms with van der Waals surface area (Å²) in [6.45, 7) is 3.06. The van der Waals surface area contributed by atoms with Crippen LogP contribution < -0.4 is 9.47 Å². The number of carbonyl (C=O) groups is 1. The average molecular weight is 409 g/mol. The van der Waals surface area contributed by atoms with E-state index in [1.54, 1.807) is 24.8 Å². The van der Waals surface area contributed by atoms with E-state index in [-0.39, 0.29) is 5.91 Å². The molecule has 1 aliphatic rings. The van der Waals surface area contributed by atoms with Crippen molar-refractivity contribution in [2.24, 2.45) is 0 Å². The van der Waals surface area contributed by atoms with Crippen LogP contribution in [0.15, 0.2) is 53.4 Å². The molecule has 150 valence electrons. The van der Waals surface area contributed by atoms with Gasteiger partial charge in [-0.15, -0.1) is 11.3 Å². The normalized spacial score (nSPS) is 13.2. The molecule has 0 bridgehead atoms. The van der Waals surface area contributed by atoms with E-state index in [0.29, 0.717) is 36.3 Å². The van der Waals surface area contributed by atoms with Crippen LogP contribution in [0.5, 0.6) is 11.5 Å². The number of hydrogen-bond acceptors (Lipinski definition) is 5. The van der Waals surface area contributed by atoms with Crippen molar-refractivity contribution in [1.82, 2.24) is 9.88 Å². The number of thiazole rings is 1. The summed E-state index contributed by atoms with van der Waals surface area (Å²) in [5.74, 6) is 1.18. The van der Waals surface area contributed by atoms with Gasteiger partial charge in [-0.25, -0.2) is 4.98 Å². The third-order valence-corrected chi connectivity index (χ3v) is 5.63. The Morgan fingerprint density at radius 3 is 2.62 bits per heavy atom. The first kappa shape index (κ1) is 19.5. The average Bonchev–Trinajstić information content (AvgIpc) is 3.45. The lowest BCUT2D eigenvalue weighted by atomic mass is 10.1. The Labute approximate surface area is 174 Å². The van der Waals surface area contributed by atoms with E-state index in [9.17, 15) is 4.79 Å². The van der Waals surface area contributed by atoms with Gasteiger partial charge in [0.05, 0.1) is 18.3 Å². The van der Waals surface area contributed by atoms with Crippen LogP contribution in [0.3, 0.4) is 0 Å². The molecule has 0 saturated heterocycles. The van der Waals surface area contributed by atoms with Crippen molar-refractivity contribution in [3.63, 3.8) is 0 Å². The standard InChI is InChI=1S/C23H24N2O3S/c1-16-3-5-17(6-4-16)12-25(20-8-9-20)23(26)18-7-10-21(22(11-18)27-2)28-13-19-14-29-15-24-19/h3-7,10-11,14-15,20H,8-9,12-13H2,1-2H3. The zero-order valence-electron chi connectivity index (χ0n) is 16.6. The summed E-state index contributed by atoms with van der Waals surface area (Å²) in [5, 5.41) is 1.95. The van der Waals surface area contributed by atoms with Crippen LogP contribution in [-0.2, 0) is 13.2 Å². The van der Waals surface area contributed by atoms with Crippen molar-refractivity contribution in [1.29, 1.82) is 0 Å². The SMILES string of the molecule is COc1cc(C(=O)N(Cc2ccc(C)cc2)C2CC2)ccc1OCc1cscn1. The van der Waals surface area contributed by atoms with Crippen molar-refractivity contribution >= 4 is 17.2 Å². The number of amides is 1. The summed E-state index contributed by atoms with van der Waals surface area (Å²) < 4.78 is 11.3. The molecule has 0 unspecified atom stereocenters. The van der Waals surface area contributed by atoms with Crippen LogP contribution in [0.4, 0.5) is 0 Å². The predicted octanol–water partition coefficient (Wildman–Crippen LogP) is 4.84. The first-order valence-corrected chi connectivity index (χ1v) is 10.6. The molecule has 1 amide bonds. The van der Waals surface area contributed by atoms with Crippen LogP contribution in [0, 0.1) is 6.92 Å². The monoisotopic (exact) mass is 408 g/mol. The summed E-state index contributed by atoms with van der Waals surface area (Å²) in [4.78, 5) is 19.4. The fourth-order valence-corrected chi connectivity index (χ4v) is 3.73. The van der Waals surface area contributed by atoms with Gasteiger partial charge in [-0.3, -0.25) is 4.79 Å². The number of rotatable bonds is 8. The van der Waals surface area contributed by atoms with E-state index < -0.39 is 0 Å². The van der Waals surface area contributed by atoms with Crippen LogP contribution in [0.25, 0.3) is 0 Å². The molecular weight excluding hydrogens is 384 g/mol. The second-order valence-electron chi connectivity index (χ2n) is 7.28. The highest BCUT2D eigenvalue weighted by atomic mass is 32.1. The van der Waals surface area contributed by atoms with Crippen molar-refractivity contribution in [3.8, 4) is 11.5 Å². The highest BCUT2D eigenvalue weighted by Crippen LogP contribution is 2.33. The molecule has 3 aromatic rings. The highest BCUT2D eigenvalue weighted by molar-refractivity contribution is 7.07. The fraction of sp³-hybridized carbons (Fsp3) is 0.304. The van der Waals surface area contributed by atoms with Gasteiger partial charge in [0.1, 0.15) is 6.61 Å². The number of methoxy groups -OCH3 is 1. The third-order valence-electron chi connectivity index (χ3n) is 4.99. The quantitative estimate of drug-likeness (QED) is 0.535. The molecule has 1 heterocycles. The van der Waals surface area contributed by atoms with Crippen LogP contribution in [0.1, 0.15) is 40.0 Å². The maximum absolute atomic E-state index is 13.2. The molecule has 0 N–H and O–H groups in total. The molecule has 0 spiro atoms. The van der Waals surface area contributed by atoms with E-state index in [2.05, 4.69) is 36.2 Å². The van der Waals surface area contributed by atoms with Crippen LogP contribution in [-0.4, -0.2) is 28.9 Å². The minimum Gasteiger partial charge on any atom is -0.493 e. The highest BCUT2D eigenvalue weighted by Gasteiger charge is 2.33. The number of carbonyl (C=O) groups excluding carboxylic acids is 1. The number of benzene rings is 2. The Bertz CT molecular complexity index is 966. The number of aryl methyl sites for hydroxylation is 1. The Morgan fingerprint density at radius 2 is 1.97 bits per heavy atom. The molecule has 5 nitrogen and oxygen atoms in total. The maximum Gasteiger partial charge on any atom is 0.254 e. The molecule has 4 rings (SSSR count). The molecule has 1 fully saturated rings.